The second-order valence-electron chi connectivity index (χ2n) is 7.99. The van der Waals surface area contributed by atoms with E-state index in [0.717, 1.165) is 11.8 Å². The summed E-state index contributed by atoms with van der Waals surface area (Å²) in [7, 11) is 4.40. The van der Waals surface area contributed by atoms with Crippen molar-refractivity contribution in [1.29, 1.82) is 0 Å². The molecular weight excluding hydrogens is 385 g/mol. The van der Waals surface area contributed by atoms with Crippen LogP contribution in [0.25, 0.3) is 0 Å². The van der Waals surface area contributed by atoms with Crippen LogP contribution in [0.1, 0.15) is 92.7 Å². The Morgan fingerprint density at radius 1 is 0.880 bits per heavy atom. The van der Waals surface area contributed by atoms with Gasteiger partial charge in [-0.25, -0.2) is 6.07 Å². The molecule has 1 aromatic rings. The Balaban J connectivity index is 0.00000192. The van der Waals surface area contributed by atoms with Crippen LogP contribution in [0.2, 0.25) is 0 Å². The maximum Gasteiger partial charge on any atom is 3.00 e. The third-order valence-electron chi connectivity index (χ3n) is 5.98. The van der Waals surface area contributed by atoms with Gasteiger partial charge in [-0.3, -0.25) is 0 Å². The van der Waals surface area contributed by atoms with Gasteiger partial charge in [0.1, 0.15) is 0 Å². The molecule has 0 unspecified atom stereocenters. The van der Waals surface area contributed by atoms with Crippen molar-refractivity contribution in [2.75, 3.05) is 20.6 Å². The number of nitrogens with zero attached hydrogens (tertiary/aromatic N) is 1. The van der Waals surface area contributed by atoms with Gasteiger partial charge >= 0.3 is 21.7 Å². The summed E-state index contributed by atoms with van der Waals surface area (Å²) in [6.45, 7) is 1.19. The molecule has 4 heteroatoms. The molecule has 0 aliphatic heterocycles. The van der Waals surface area contributed by atoms with Crippen LogP contribution in [-0.2, 0) is 28.1 Å². The molecule has 3 rings (SSSR count). The van der Waals surface area contributed by atoms with Gasteiger partial charge in [-0.1, -0.05) is 63.7 Å². The second-order valence-corrected chi connectivity index (χ2v) is 7.99. The first-order valence-electron chi connectivity index (χ1n) is 9.68. The van der Waals surface area contributed by atoms with E-state index >= 15 is 0 Å². The number of rotatable bonds is 5. The molecule has 0 saturated heterocycles. The number of halogens is 2. The molecule has 0 N–H and O–H groups in total. The first-order valence-corrected chi connectivity index (χ1v) is 9.68. The van der Waals surface area contributed by atoms with Gasteiger partial charge in [-0.05, 0) is 39.4 Å². The van der Waals surface area contributed by atoms with E-state index in [2.05, 4.69) is 31.1 Å². The Morgan fingerprint density at radius 2 is 1.40 bits per heavy atom. The topological polar surface area (TPSA) is 3.24 Å². The summed E-state index contributed by atoms with van der Waals surface area (Å²) in [4.78, 5) is 2.33. The molecule has 0 atom stereocenters. The maximum atomic E-state index is 2.64. The summed E-state index contributed by atoms with van der Waals surface area (Å²) in [5, 5.41) is 0. The molecule has 25 heavy (non-hydrogen) atoms. The van der Waals surface area contributed by atoms with Crippen molar-refractivity contribution in [3.05, 3.63) is 28.8 Å². The van der Waals surface area contributed by atoms with E-state index in [1.54, 1.807) is 16.7 Å². The zero-order chi connectivity index (χ0) is 15.4. The molecule has 1 radical (unpaired) electrons. The van der Waals surface area contributed by atoms with Crippen LogP contribution < -0.4 is 24.8 Å². The SMILES string of the molecule is CN(C)CC[c-]1cc(C2CCCCC2)cc1C1CCCCC1.[Cl-].[Cl-].[Ti+3]. The molecule has 0 spiro atoms. The van der Waals surface area contributed by atoms with Crippen molar-refractivity contribution in [3.8, 4) is 0 Å². The monoisotopic (exact) mass is 418 g/mol. The minimum atomic E-state index is 0. The second kappa shape index (κ2) is 12.9. The molecule has 0 heterocycles. The van der Waals surface area contributed by atoms with Crippen molar-refractivity contribution in [2.45, 2.75) is 82.5 Å². The van der Waals surface area contributed by atoms with Crippen LogP contribution in [0.3, 0.4) is 0 Å². The Bertz CT molecular complexity index is 460. The summed E-state index contributed by atoms with van der Waals surface area (Å²) in [6, 6.07) is 5.24. The molecule has 0 aromatic heterocycles. The van der Waals surface area contributed by atoms with Gasteiger partial charge in [0.15, 0.2) is 0 Å². The van der Waals surface area contributed by atoms with Gasteiger partial charge in [0.05, 0.1) is 0 Å². The summed E-state index contributed by atoms with van der Waals surface area (Å²) < 4.78 is 0. The smallest absolute Gasteiger partial charge is 1.00 e. The van der Waals surface area contributed by atoms with Gasteiger partial charge in [-0.2, -0.15) is 22.8 Å². The van der Waals surface area contributed by atoms with Gasteiger partial charge in [0, 0.05) is 0 Å². The Kier molecular flexibility index (Phi) is 13.2. The van der Waals surface area contributed by atoms with E-state index < -0.39 is 0 Å². The zero-order valence-corrected chi connectivity index (χ0v) is 19.1. The standard InChI is InChI=1S/C21H34N.2ClH.Ti/c1-22(2)14-13-19-15-20(17-9-5-3-6-10-17)16-21(19)18-11-7-4-8-12-18;;;/h15-18H,3-14H2,1-2H3;2*1H;/q-1;;;+3/p-2. The van der Waals surface area contributed by atoms with Crippen molar-refractivity contribution >= 4 is 0 Å². The molecule has 0 bridgehead atoms. The van der Waals surface area contributed by atoms with E-state index in [0.29, 0.717) is 0 Å². The van der Waals surface area contributed by atoms with Crippen LogP contribution in [-0.4, -0.2) is 25.5 Å². The molecule has 2 aliphatic carbocycles. The van der Waals surface area contributed by atoms with Crippen molar-refractivity contribution < 1.29 is 46.5 Å². The van der Waals surface area contributed by atoms with E-state index in [1.807, 2.05) is 0 Å². The maximum absolute atomic E-state index is 2.64. The molecule has 2 saturated carbocycles. The minimum absolute atomic E-state index is 0. The number of hydrogen-bond acceptors (Lipinski definition) is 1. The van der Waals surface area contributed by atoms with Gasteiger partial charge in [0.25, 0.3) is 0 Å². The van der Waals surface area contributed by atoms with Crippen molar-refractivity contribution in [3.63, 3.8) is 0 Å². The molecular formula is C21H34Cl2NTi. The van der Waals surface area contributed by atoms with E-state index in [1.165, 1.54) is 77.2 Å². The van der Waals surface area contributed by atoms with E-state index in [9.17, 15) is 0 Å². The molecule has 1 aromatic carbocycles. The molecule has 2 aliphatic rings. The van der Waals surface area contributed by atoms with Crippen LogP contribution in [0.4, 0.5) is 0 Å². The Morgan fingerprint density at radius 3 is 1.92 bits per heavy atom. The third-order valence-corrected chi connectivity index (χ3v) is 5.98. The molecule has 2 fully saturated rings. The van der Waals surface area contributed by atoms with Crippen molar-refractivity contribution in [1.82, 2.24) is 4.90 Å². The normalized spacial score (nSPS) is 19.0. The number of likely N-dealkylation sites (N-methyl/N-ethyl adjacent to an activating group) is 1. The van der Waals surface area contributed by atoms with Crippen LogP contribution >= 0.6 is 0 Å². The largest absolute Gasteiger partial charge is 3.00 e. The summed E-state index contributed by atoms with van der Waals surface area (Å²) >= 11 is 0. The Hall–Kier alpha value is 0.604. The average Bonchev–Trinajstić information content (AvgIpc) is 2.99. The predicted molar refractivity (Wildman–Crippen MR) is 95.9 cm³/mol. The summed E-state index contributed by atoms with van der Waals surface area (Å²) in [6.07, 6.45) is 15.7. The van der Waals surface area contributed by atoms with Crippen molar-refractivity contribution in [2.24, 2.45) is 0 Å². The average molecular weight is 419 g/mol. The van der Waals surface area contributed by atoms with Gasteiger partial charge in [-0.15, -0.1) is 0 Å². The van der Waals surface area contributed by atoms with E-state index in [-0.39, 0.29) is 46.5 Å². The quantitative estimate of drug-likeness (QED) is 0.465. The van der Waals surface area contributed by atoms with Crippen LogP contribution in [0, 0.1) is 0 Å². The molecule has 141 valence electrons. The van der Waals surface area contributed by atoms with E-state index in [4.69, 9.17) is 0 Å². The fourth-order valence-corrected chi connectivity index (χ4v) is 4.62. The third kappa shape index (κ3) is 7.26. The first-order chi connectivity index (χ1) is 10.7. The fourth-order valence-electron chi connectivity index (χ4n) is 4.62. The Labute approximate surface area is 182 Å². The number of hydrogen-bond donors (Lipinski definition) is 0. The minimum Gasteiger partial charge on any atom is -1.00 e. The summed E-state index contributed by atoms with van der Waals surface area (Å²) in [5.74, 6) is 1.73. The molecule has 1 nitrogen and oxygen atoms in total. The first kappa shape index (κ1) is 25.6. The summed E-state index contributed by atoms with van der Waals surface area (Å²) in [5.41, 5.74) is 5.11. The van der Waals surface area contributed by atoms with Gasteiger partial charge < -0.3 is 29.7 Å². The van der Waals surface area contributed by atoms with Gasteiger partial charge in [0.2, 0.25) is 0 Å². The zero-order valence-electron chi connectivity index (χ0n) is 16.0. The fraction of sp³-hybridized carbons (Fsp3) is 0.762. The predicted octanol–water partition coefficient (Wildman–Crippen LogP) is -0.389. The molecule has 0 amide bonds. The van der Waals surface area contributed by atoms with Crippen LogP contribution in [0.5, 0.6) is 0 Å². The van der Waals surface area contributed by atoms with Crippen LogP contribution in [0.15, 0.2) is 12.1 Å².